The number of benzene rings is 1. The van der Waals surface area contributed by atoms with Gasteiger partial charge in [0.15, 0.2) is 0 Å². The molecule has 1 saturated heterocycles. The zero-order chi connectivity index (χ0) is 17.9. The highest BCUT2D eigenvalue weighted by Gasteiger charge is 2.27. The van der Waals surface area contributed by atoms with Gasteiger partial charge in [-0.15, -0.1) is 0 Å². The van der Waals surface area contributed by atoms with Crippen LogP contribution in [-0.2, 0) is 0 Å². The van der Waals surface area contributed by atoms with Gasteiger partial charge >= 0.3 is 0 Å². The molecular formula is C20H22BrN5. The fourth-order valence-corrected chi connectivity index (χ4v) is 4.16. The van der Waals surface area contributed by atoms with E-state index in [2.05, 4.69) is 65.5 Å². The first-order chi connectivity index (χ1) is 12.7. The van der Waals surface area contributed by atoms with E-state index >= 15 is 0 Å². The van der Waals surface area contributed by atoms with Crippen molar-refractivity contribution in [3.05, 3.63) is 60.2 Å². The standard InChI is InChI=1S/C20H22BrN5/c1-14-11-17(12-18-19(14)24-8-7-23-18)25-20(16-3-2-6-22-13-16)15-4-9-26(21)10-5-15/h2-3,6-8,11-13,15,20,25H,4-5,9-10H2,1H3. The second kappa shape index (κ2) is 7.68. The fourth-order valence-electron chi connectivity index (χ4n) is 3.75. The van der Waals surface area contributed by atoms with Crippen LogP contribution in [0.1, 0.15) is 30.0 Å². The summed E-state index contributed by atoms with van der Waals surface area (Å²) in [5, 5.41) is 3.77. The summed E-state index contributed by atoms with van der Waals surface area (Å²) in [6.45, 7) is 4.21. The van der Waals surface area contributed by atoms with E-state index in [0.29, 0.717) is 5.92 Å². The van der Waals surface area contributed by atoms with Gasteiger partial charge in [0, 0.05) is 59.7 Å². The largest absolute Gasteiger partial charge is 0.378 e. The molecule has 3 heterocycles. The second-order valence-electron chi connectivity index (χ2n) is 6.87. The lowest BCUT2D eigenvalue weighted by molar-refractivity contribution is 0.273. The predicted molar refractivity (Wildman–Crippen MR) is 108 cm³/mol. The van der Waals surface area contributed by atoms with Crippen molar-refractivity contribution in [2.75, 3.05) is 18.4 Å². The number of pyridine rings is 1. The lowest BCUT2D eigenvalue weighted by Gasteiger charge is -2.34. The van der Waals surface area contributed by atoms with Crippen LogP contribution in [0.15, 0.2) is 49.1 Å². The van der Waals surface area contributed by atoms with Gasteiger partial charge in [-0.1, -0.05) is 6.07 Å². The summed E-state index contributed by atoms with van der Waals surface area (Å²) in [6, 6.07) is 8.68. The zero-order valence-electron chi connectivity index (χ0n) is 14.8. The van der Waals surface area contributed by atoms with E-state index in [1.807, 2.05) is 18.5 Å². The van der Waals surface area contributed by atoms with E-state index in [1.165, 1.54) is 5.56 Å². The number of aromatic nitrogens is 3. The number of piperidine rings is 1. The van der Waals surface area contributed by atoms with Crippen molar-refractivity contribution >= 4 is 32.9 Å². The molecule has 6 heteroatoms. The third-order valence-corrected chi connectivity index (χ3v) is 5.80. The molecule has 1 fully saturated rings. The smallest absolute Gasteiger partial charge is 0.0917 e. The Hall–Kier alpha value is -2.05. The molecule has 0 saturated carbocycles. The Morgan fingerprint density at radius 3 is 2.73 bits per heavy atom. The Bertz CT molecular complexity index is 878. The number of rotatable bonds is 4. The molecule has 1 aliphatic heterocycles. The van der Waals surface area contributed by atoms with Crippen LogP contribution in [0.5, 0.6) is 0 Å². The second-order valence-corrected chi connectivity index (χ2v) is 7.88. The third-order valence-electron chi connectivity index (χ3n) is 5.09. The normalized spacial score (nSPS) is 17.3. The number of hydrogen-bond donors (Lipinski definition) is 1. The number of hydrogen-bond acceptors (Lipinski definition) is 5. The predicted octanol–water partition coefficient (Wildman–Crippen LogP) is 4.51. The van der Waals surface area contributed by atoms with Gasteiger partial charge in [0.25, 0.3) is 0 Å². The number of fused-ring (bicyclic) bond motifs is 1. The monoisotopic (exact) mass is 411 g/mol. The molecule has 2 aromatic heterocycles. The fraction of sp³-hybridized carbons (Fsp3) is 0.350. The maximum atomic E-state index is 4.48. The van der Waals surface area contributed by atoms with Crippen LogP contribution in [0.25, 0.3) is 11.0 Å². The molecule has 1 N–H and O–H groups in total. The van der Waals surface area contributed by atoms with E-state index in [4.69, 9.17) is 0 Å². The summed E-state index contributed by atoms with van der Waals surface area (Å²) in [5.74, 6) is 0.561. The highest BCUT2D eigenvalue weighted by molar-refractivity contribution is 9.07. The Kier molecular flexibility index (Phi) is 5.13. The lowest BCUT2D eigenvalue weighted by atomic mass is 9.86. The van der Waals surface area contributed by atoms with Gasteiger partial charge in [0.2, 0.25) is 0 Å². The van der Waals surface area contributed by atoms with Crippen molar-refractivity contribution < 1.29 is 0 Å². The average Bonchev–Trinajstić information content (AvgIpc) is 2.68. The van der Waals surface area contributed by atoms with Gasteiger partial charge in [-0.3, -0.25) is 15.0 Å². The van der Waals surface area contributed by atoms with Crippen LogP contribution < -0.4 is 5.32 Å². The quantitative estimate of drug-likeness (QED) is 0.640. The molecule has 0 spiro atoms. The van der Waals surface area contributed by atoms with E-state index in [0.717, 1.165) is 48.2 Å². The molecule has 4 rings (SSSR count). The number of nitrogens with zero attached hydrogens (tertiary/aromatic N) is 4. The summed E-state index contributed by atoms with van der Waals surface area (Å²) < 4.78 is 2.22. The molecular weight excluding hydrogens is 390 g/mol. The molecule has 0 radical (unpaired) electrons. The van der Waals surface area contributed by atoms with Gasteiger partial charge in [-0.05, 0) is 55.0 Å². The van der Waals surface area contributed by atoms with Crippen molar-refractivity contribution in [1.82, 2.24) is 18.9 Å². The topological polar surface area (TPSA) is 53.9 Å². The molecule has 1 aliphatic rings. The number of nitrogens with one attached hydrogen (secondary N) is 1. The molecule has 0 amide bonds. The van der Waals surface area contributed by atoms with Crippen LogP contribution >= 0.6 is 16.1 Å². The third kappa shape index (κ3) is 3.71. The van der Waals surface area contributed by atoms with Crippen molar-refractivity contribution in [2.24, 2.45) is 5.92 Å². The van der Waals surface area contributed by atoms with Gasteiger partial charge < -0.3 is 5.32 Å². The van der Waals surface area contributed by atoms with E-state index in [1.54, 1.807) is 12.4 Å². The highest BCUT2D eigenvalue weighted by Crippen LogP contribution is 2.35. The highest BCUT2D eigenvalue weighted by atomic mass is 79.9. The van der Waals surface area contributed by atoms with Crippen molar-refractivity contribution in [1.29, 1.82) is 0 Å². The Morgan fingerprint density at radius 1 is 1.15 bits per heavy atom. The van der Waals surface area contributed by atoms with Crippen LogP contribution in [0, 0.1) is 12.8 Å². The molecule has 26 heavy (non-hydrogen) atoms. The Morgan fingerprint density at radius 2 is 1.96 bits per heavy atom. The Balaban J connectivity index is 1.66. The van der Waals surface area contributed by atoms with Crippen LogP contribution in [-0.4, -0.2) is 32.0 Å². The minimum atomic E-state index is 0.235. The average molecular weight is 412 g/mol. The van der Waals surface area contributed by atoms with Gasteiger partial charge in [-0.2, -0.15) is 0 Å². The molecule has 0 bridgehead atoms. The first kappa shape index (κ1) is 17.4. The zero-order valence-corrected chi connectivity index (χ0v) is 16.4. The summed E-state index contributed by atoms with van der Waals surface area (Å²) in [4.78, 5) is 13.3. The van der Waals surface area contributed by atoms with Crippen molar-refractivity contribution in [3.8, 4) is 0 Å². The van der Waals surface area contributed by atoms with Gasteiger partial charge in [-0.25, -0.2) is 3.93 Å². The number of anilines is 1. The first-order valence-electron chi connectivity index (χ1n) is 8.99. The van der Waals surface area contributed by atoms with Crippen molar-refractivity contribution in [3.63, 3.8) is 0 Å². The SMILES string of the molecule is Cc1cc(NC(c2cccnc2)C2CCN(Br)CC2)cc2nccnc12. The van der Waals surface area contributed by atoms with E-state index in [-0.39, 0.29) is 6.04 Å². The maximum Gasteiger partial charge on any atom is 0.0917 e. The van der Waals surface area contributed by atoms with Gasteiger partial charge in [0.1, 0.15) is 0 Å². The number of aryl methyl sites for hydroxylation is 1. The van der Waals surface area contributed by atoms with Crippen LogP contribution in [0.4, 0.5) is 5.69 Å². The summed E-state index contributed by atoms with van der Waals surface area (Å²) in [7, 11) is 0. The molecule has 1 atom stereocenters. The minimum absolute atomic E-state index is 0.235. The summed E-state index contributed by atoms with van der Waals surface area (Å²) in [5.41, 5.74) is 5.35. The Labute approximate surface area is 162 Å². The van der Waals surface area contributed by atoms with Crippen molar-refractivity contribution in [2.45, 2.75) is 25.8 Å². The van der Waals surface area contributed by atoms with Gasteiger partial charge in [0.05, 0.1) is 17.1 Å². The van der Waals surface area contributed by atoms with Crippen LogP contribution in [0.2, 0.25) is 0 Å². The molecule has 3 aromatic rings. The van der Waals surface area contributed by atoms with E-state index < -0.39 is 0 Å². The lowest BCUT2D eigenvalue weighted by Crippen LogP contribution is -2.32. The summed E-state index contributed by atoms with van der Waals surface area (Å²) in [6.07, 6.45) is 9.59. The van der Waals surface area contributed by atoms with Crippen LogP contribution in [0.3, 0.4) is 0 Å². The molecule has 1 unspecified atom stereocenters. The molecule has 5 nitrogen and oxygen atoms in total. The maximum absolute atomic E-state index is 4.48. The molecule has 1 aromatic carbocycles. The minimum Gasteiger partial charge on any atom is -0.378 e. The van der Waals surface area contributed by atoms with E-state index in [9.17, 15) is 0 Å². The number of halogens is 1. The summed E-state index contributed by atoms with van der Waals surface area (Å²) >= 11 is 3.61. The molecule has 134 valence electrons. The first-order valence-corrected chi connectivity index (χ1v) is 9.70. The molecule has 0 aliphatic carbocycles.